The lowest BCUT2D eigenvalue weighted by molar-refractivity contribution is 0.0243. The average Bonchev–Trinajstić information content (AvgIpc) is 2.62. The van der Waals surface area contributed by atoms with Gasteiger partial charge in [-0.3, -0.25) is 0 Å². The van der Waals surface area contributed by atoms with Crippen molar-refractivity contribution < 1.29 is 4.74 Å². The Balaban J connectivity index is 1.86. The van der Waals surface area contributed by atoms with E-state index in [1.54, 1.807) is 0 Å². The molecule has 1 atom stereocenters. The van der Waals surface area contributed by atoms with Gasteiger partial charge in [-0.1, -0.05) is 56.0 Å². The molecule has 0 saturated heterocycles. The fourth-order valence-corrected chi connectivity index (χ4v) is 2.69. The van der Waals surface area contributed by atoms with Crippen LogP contribution in [0.1, 0.15) is 57.1 Å². The summed E-state index contributed by atoms with van der Waals surface area (Å²) in [6.07, 6.45) is 7.50. The summed E-state index contributed by atoms with van der Waals surface area (Å²) in [5.41, 5.74) is 7.59. The molecule has 100 valence electrons. The Morgan fingerprint density at radius 2 is 1.72 bits per heavy atom. The minimum Gasteiger partial charge on any atom is -0.372 e. The molecular weight excluding hydrogens is 222 g/mol. The monoisotopic (exact) mass is 247 g/mol. The third-order valence-electron chi connectivity index (χ3n) is 3.99. The highest BCUT2D eigenvalue weighted by molar-refractivity contribution is 5.16. The number of nitrogens with two attached hydrogens (primary N) is 1. The van der Waals surface area contributed by atoms with Crippen molar-refractivity contribution in [2.24, 2.45) is 5.73 Å². The SMILES string of the molecule is CC(OCC1(N)CCCCCC1)c1ccccc1. The van der Waals surface area contributed by atoms with Crippen LogP contribution < -0.4 is 5.73 Å². The summed E-state index contributed by atoms with van der Waals surface area (Å²) in [4.78, 5) is 0. The molecule has 0 spiro atoms. The summed E-state index contributed by atoms with van der Waals surface area (Å²) in [5, 5.41) is 0. The lowest BCUT2D eigenvalue weighted by Crippen LogP contribution is -2.44. The largest absolute Gasteiger partial charge is 0.372 e. The van der Waals surface area contributed by atoms with E-state index in [-0.39, 0.29) is 11.6 Å². The molecule has 0 aliphatic heterocycles. The molecule has 0 bridgehead atoms. The predicted octanol–water partition coefficient (Wildman–Crippen LogP) is 3.82. The van der Waals surface area contributed by atoms with E-state index in [0.717, 1.165) is 12.8 Å². The van der Waals surface area contributed by atoms with Gasteiger partial charge in [-0.2, -0.15) is 0 Å². The zero-order valence-electron chi connectivity index (χ0n) is 11.4. The van der Waals surface area contributed by atoms with E-state index >= 15 is 0 Å². The predicted molar refractivity (Wildman–Crippen MR) is 75.4 cm³/mol. The van der Waals surface area contributed by atoms with E-state index in [1.807, 2.05) is 6.07 Å². The first-order valence-corrected chi connectivity index (χ1v) is 7.15. The molecule has 1 aromatic carbocycles. The first-order valence-electron chi connectivity index (χ1n) is 7.15. The first kappa shape index (κ1) is 13.6. The molecule has 1 aliphatic carbocycles. The Labute approximate surface area is 111 Å². The molecule has 2 nitrogen and oxygen atoms in total. The lowest BCUT2D eigenvalue weighted by Gasteiger charge is -2.29. The second-order valence-electron chi connectivity index (χ2n) is 5.64. The second kappa shape index (κ2) is 6.35. The Bertz CT molecular complexity index is 341. The van der Waals surface area contributed by atoms with Gasteiger partial charge < -0.3 is 10.5 Å². The van der Waals surface area contributed by atoms with Crippen LogP contribution >= 0.6 is 0 Å². The molecule has 0 heterocycles. The van der Waals surface area contributed by atoms with E-state index in [9.17, 15) is 0 Å². The Morgan fingerprint density at radius 3 is 2.33 bits per heavy atom. The number of ether oxygens (including phenoxy) is 1. The van der Waals surface area contributed by atoms with Crippen LogP contribution in [0.4, 0.5) is 0 Å². The summed E-state index contributed by atoms with van der Waals surface area (Å²) < 4.78 is 6.00. The number of rotatable bonds is 4. The molecule has 2 heteroatoms. The van der Waals surface area contributed by atoms with Gasteiger partial charge in [0.2, 0.25) is 0 Å². The number of hydrogen-bond acceptors (Lipinski definition) is 2. The fraction of sp³-hybridized carbons (Fsp3) is 0.625. The Kier molecular flexibility index (Phi) is 4.79. The Hall–Kier alpha value is -0.860. The van der Waals surface area contributed by atoms with Crippen LogP contribution in [0.15, 0.2) is 30.3 Å². The zero-order valence-corrected chi connectivity index (χ0v) is 11.4. The molecule has 1 unspecified atom stereocenters. The van der Waals surface area contributed by atoms with E-state index in [1.165, 1.54) is 31.2 Å². The third kappa shape index (κ3) is 3.82. The molecule has 2 rings (SSSR count). The van der Waals surface area contributed by atoms with Gasteiger partial charge in [0.15, 0.2) is 0 Å². The van der Waals surface area contributed by atoms with Gasteiger partial charge in [-0.15, -0.1) is 0 Å². The van der Waals surface area contributed by atoms with Gasteiger partial charge >= 0.3 is 0 Å². The van der Waals surface area contributed by atoms with Crippen LogP contribution in [0.3, 0.4) is 0 Å². The number of hydrogen-bond donors (Lipinski definition) is 1. The van der Waals surface area contributed by atoms with Crippen molar-refractivity contribution in [3.63, 3.8) is 0 Å². The molecule has 2 N–H and O–H groups in total. The van der Waals surface area contributed by atoms with Crippen LogP contribution in [0.25, 0.3) is 0 Å². The van der Waals surface area contributed by atoms with E-state index in [4.69, 9.17) is 10.5 Å². The number of benzene rings is 1. The highest BCUT2D eigenvalue weighted by Crippen LogP contribution is 2.27. The van der Waals surface area contributed by atoms with Crippen molar-refractivity contribution in [2.75, 3.05) is 6.61 Å². The molecular formula is C16H25NO. The minimum atomic E-state index is -0.0977. The van der Waals surface area contributed by atoms with Crippen molar-refractivity contribution in [1.29, 1.82) is 0 Å². The van der Waals surface area contributed by atoms with Gasteiger partial charge in [-0.05, 0) is 25.3 Å². The smallest absolute Gasteiger partial charge is 0.0797 e. The zero-order chi connectivity index (χ0) is 12.8. The van der Waals surface area contributed by atoms with Crippen LogP contribution in [-0.4, -0.2) is 12.1 Å². The van der Waals surface area contributed by atoms with Crippen molar-refractivity contribution in [3.05, 3.63) is 35.9 Å². The molecule has 1 saturated carbocycles. The maximum atomic E-state index is 6.46. The first-order chi connectivity index (χ1) is 8.70. The molecule has 1 aliphatic rings. The van der Waals surface area contributed by atoms with Crippen molar-refractivity contribution >= 4 is 0 Å². The van der Waals surface area contributed by atoms with Crippen LogP contribution in [0, 0.1) is 0 Å². The van der Waals surface area contributed by atoms with Gasteiger partial charge in [0.25, 0.3) is 0 Å². The Morgan fingerprint density at radius 1 is 1.11 bits per heavy atom. The van der Waals surface area contributed by atoms with Gasteiger partial charge in [-0.25, -0.2) is 0 Å². The summed E-state index contributed by atoms with van der Waals surface area (Å²) in [6, 6.07) is 10.4. The van der Waals surface area contributed by atoms with Crippen molar-refractivity contribution in [3.8, 4) is 0 Å². The standard InChI is InChI=1S/C16H25NO/c1-14(15-9-5-4-6-10-15)18-13-16(17)11-7-2-3-8-12-16/h4-6,9-10,14H,2-3,7-8,11-13,17H2,1H3. The lowest BCUT2D eigenvalue weighted by atomic mass is 9.92. The summed E-state index contributed by atoms with van der Waals surface area (Å²) in [7, 11) is 0. The summed E-state index contributed by atoms with van der Waals surface area (Å²) >= 11 is 0. The highest BCUT2D eigenvalue weighted by Gasteiger charge is 2.27. The average molecular weight is 247 g/mol. The molecule has 0 amide bonds. The highest BCUT2D eigenvalue weighted by atomic mass is 16.5. The van der Waals surface area contributed by atoms with Crippen molar-refractivity contribution in [1.82, 2.24) is 0 Å². The molecule has 0 aromatic heterocycles. The fourth-order valence-electron chi connectivity index (χ4n) is 2.69. The van der Waals surface area contributed by atoms with Crippen molar-refractivity contribution in [2.45, 2.75) is 57.1 Å². The molecule has 18 heavy (non-hydrogen) atoms. The molecule has 0 radical (unpaired) electrons. The normalized spacial score (nSPS) is 21.2. The topological polar surface area (TPSA) is 35.2 Å². The maximum absolute atomic E-state index is 6.46. The quantitative estimate of drug-likeness (QED) is 0.821. The third-order valence-corrected chi connectivity index (χ3v) is 3.99. The minimum absolute atomic E-state index is 0.0977. The van der Waals surface area contributed by atoms with E-state index < -0.39 is 0 Å². The second-order valence-corrected chi connectivity index (χ2v) is 5.64. The van der Waals surface area contributed by atoms with Crippen LogP contribution in [0.2, 0.25) is 0 Å². The maximum Gasteiger partial charge on any atom is 0.0797 e. The van der Waals surface area contributed by atoms with E-state index in [0.29, 0.717) is 6.61 Å². The van der Waals surface area contributed by atoms with Gasteiger partial charge in [0.1, 0.15) is 0 Å². The van der Waals surface area contributed by atoms with Crippen LogP contribution in [0.5, 0.6) is 0 Å². The summed E-state index contributed by atoms with van der Waals surface area (Å²) in [5.74, 6) is 0. The molecule has 1 aromatic rings. The molecule has 1 fully saturated rings. The van der Waals surface area contributed by atoms with E-state index in [2.05, 4.69) is 31.2 Å². The van der Waals surface area contributed by atoms with Gasteiger partial charge in [0, 0.05) is 5.54 Å². The summed E-state index contributed by atoms with van der Waals surface area (Å²) in [6.45, 7) is 2.79. The van der Waals surface area contributed by atoms with Crippen LogP contribution in [-0.2, 0) is 4.74 Å². The van der Waals surface area contributed by atoms with Gasteiger partial charge in [0.05, 0.1) is 12.7 Å².